The zero-order valence-electron chi connectivity index (χ0n) is 21.2. The third-order valence-corrected chi connectivity index (χ3v) is 7.49. The van der Waals surface area contributed by atoms with Crippen LogP contribution < -0.4 is 5.32 Å². The number of nitrogens with one attached hydrogen (secondary N) is 1. The van der Waals surface area contributed by atoms with Gasteiger partial charge in [-0.15, -0.1) is 0 Å². The number of rotatable bonds is 6. The highest BCUT2D eigenvalue weighted by Crippen LogP contribution is 2.31. The van der Waals surface area contributed by atoms with Crippen molar-refractivity contribution in [3.05, 3.63) is 71.0 Å². The topological polar surface area (TPSA) is 52.7 Å². The van der Waals surface area contributed by atoms with Crippen LogP contribution in [0.3, 0.4) is 0 Å². The van der Waals surface area contributed by atoms with Crippen molar-refractivity contribution in [2.24, 2.45) is 5.92 Å². The van der Waals surface area contributed by atoms with Crippen LogP contribution in [-0.2, 0) is 16.8 Å². The molecule has 2 aromatic rings. The molecule has 188 valence electrons. The number of hydrogen-bond acceptors (Lipinski definition) is 3. The van der Waals surface area contributed by atoms with Gasteiger partial charge >= 0.3 is 0 Å². The Morgan fingerprint density at radius 2 is 1.54 bits per heavy atom. The van der Waals surface area contributed by atoms with E-state index in [9.17, 15) is 14.0 Å². The van der Waals surface area contributed by atoms with Crippen molar-refractivity contribution in [2.45, 2.75) is 64.5 Å². The number of hydrogen-bond donors (Lipinski definition) is 1. The van der Waals surface area contributed by atoms with E-state index in [1.54, 1.807) is 12.1 Å². The van der Waals surface area contributed by atoms with Crippen LogP contribution in [0, 0.1) is 11.7 Å². The number of carbonyl (C=O) groups excluding carboxylic acids is 2. The van der Waals surface area contributed by atoms with Crippen LogP contribution >= 0.6 is 0 Å². The van der Waals surface area contributed by atoms with Crippen molar-refractivity contribution in [3.8, 4) is 0 Å². The van der Waals surface area contributed by atoms with Gasteiger partial charge in [-0.1, -0.05) is 57.9 Å². The molecule has 0 bridgehead atoms. The summed E-state index contributed by atoms with van der Waals surface area (Å²) in [4.78, 5) is 30.6. The van der Waals surface area contributed by atoms with Crippen molar-refractivity contribution in [1.82, 2.24) is 15.1 Å². The summed E-state index contributed by atoms with van der Waals surface area (Å²) in [5.74, 6) is 0.166. The van der Waals surface area contributed by atoms with Crippen LogP contribution in [0.1, 0.15) is 67.9 Å². The summed E-state index contributed by atoms with van der Waals surface area (Å²) in [7, 11) is 0. The van der Waals surface area contributed by atoms with E-state index in [0.717, 1.165) is 36.8 Å². The molecule has 1 aliphatic carbocycles. The normalized spacial score (nSPS) is 18.5. The van der Waals surface area contributed by atoms with Gasteiger partial charge in [-0.05, 0) is 59.6 Å². The lowest BCUT2D eigenvalue weighted by Gasteiger charge is -2.40. The molecule has 2 aliphatic rings. The molecule has 1 atom stereocenters. The van der Waals surface area contributed by atoms with Crippen molar-refractivity contribution < 1.29 is 14.0 Å². The molecule has 2 amide bonds. The molecular weight excluding hydrogens is 441 g/mol. The van der Waals surface area contributed by atoms with Crippen LogP contribution in [0.2, 0.25) is 0 Å². The van der Waals surface area contributed by atoms with Crippen LogP contribution in [0.15, 0.2) is 48.5 Å². The molecule has 1 saturated carbocycles. The lowest BCUT2D eigenvalue weighted by Crippen LogP contribution is -2.57. The zero-order valence-corrected chi connectivity index (χ0v) is 21.2. The van der Waals surface area contributed by atoms with E-state index in [2.05, 4.69) is 31.0 Å². The first-order valence-corrected chi connectivity index (χ1v) is 12.9. The molecule has 0 spiro atoms. The van der Waals surface area contributed by atoms with Crippen molar-refractivity contribution in [2.75, 3.05) is 26.2 Å². The lowest BCUT2D eigenvalue weighted by atomic mass is 9.86. The van der Waals surface area contributed by atoms with Crippen LogP contribution in [0.4, 0.5) is 4.39 Å². The average molecular weight is 480 g/mol. The van der Waals surface area contributed by atoms with Gasteiger partial charge in [-0.25, -0.2) is 4.39 Å². The monoisotopic (exact) mass is 479 g/mol. The summed E-state index contributed by atoms with van der Waals surface area (Å²) in [5.41, 5.74) is 2.87. The first-order chi connectivity index (χ1) is 16.7. The van der Waals surface area contributed by atoms with E-state index < -0.39 is 0 Å². The van der Waals surface area contributed by atoms with Crippen LogP contribution in [0.25, 0.3) is 0 Å². The molecule has 0 radical (unpaired) electrons. The second-order valence-corrected chi connectivity index (χ2v) is 11.0. The molecule has 2 fully saturated rings. The first kappa shape index (κ1) is 25.4. The fourth-order valence-electron chi connectivity index (χ4n) is 5.35. The Kier molecular flexibility index (Phi) is 7.90. The van der Waals surface area contributed by atoms with Crippen LogP contribution in [-0.4, -0.2) is 53.8 Å². The van der Waals surface area contributed by atoms with Gasteiger partial charge in [-0.2, -0.15) is 0 Å². The molecule has 1 unspecified atom stereocenters. The van der Waals surface area contributed by atoms with E-state index in [1.165, 1.54) is 17.7 Å². The number of halogens is 1. The lowest BCUT2D eigenvalue weighted by molar-refractivity contribution is -0.129. The van der Waals surface area contributed by atoms with Crippen molar-refractivity contribution in [1.29, 1.82) is 0 Å². The largest absolute Gasteiger partial charge is 0.351 e. The summed E-state index contributed by atoms with van der Waals surface area (Å²) in [6, 6.07) is 14.0. The first-order valence-electron chi connectivity index (χ1n) is 12.9. The quantitative estimate of drug-likeness (QED) is 0.650. The van der Waals surface area contributed by atoms with Gasteiger partial charge in [0, 0.05) is 38.3 Å². The molecule has 2 aromatic carbocycles. The Labute approximate surface area is 208 Å². The van der Waals surface area contributed by atoms with Gasteiger partial charge in [0.1, 0.15) is 5.82 Å². The van der Waals surface area contributed by atoms with E-state index in [1.807, 2.05) is 29.2 Å². The maximum absolute atomic E-state index is 13.3. The molecule has 4 rings (SSSR count). The Morgan fingerprint density at radius 1 is 0.943 bits per heavy atom. The molecule has 35 heavy (non-hydrogen) atoms. The second-order valence-electron chi connectivity index (χ2n) is 11.0. The second kappa shape index (κ2) is 10.9. The summed E-state index contributed by atoms with van der Waals surface area (Å²) in [5, 5.41) is 3.09. The summed E-state index contributed by atoms with van der Waals surface area (Å²) >= 11 is 0. The van der Waals surface area contributed by atoms with Gasteiger partial charge in [0.25, 0.3) is 5.91 Å². The summed E-state index contributed by atoms with van der Waals surface area (Å²) < 4.78 is 13.2. The Hall–Kier alpha value is -2.73. The van der Waals surface area contributed by atoms with Gasteiger partial charge < -0.3 is 10.2 Å². The van der Waals surface area contributed by atoms with Gasteiger partial charge in [-0.3, -0.25) is 14.5 Å². The number of benzene rings is 2. The molecule has 1 aliphatic heterocycles. The van der Waals surface area contributed by atoms with Gasteiger partial charge in [0.05, 0.1) is 6.04 Å². The molecule has 6 heteroatoms. The molecule has 0 aromatic heterocycles. The predicted octanol–water partition coefficient (Wildman–Crippen LogP) is 4.76. The molecule has 1 heterocycles. The highest BCUT2D eigenvalue weighted by atomic mass is 19.1. The van der Waals surface area contributed by atoms with E-state index >= 15 is 0 Å². The maximum Gasteiger partial charge on any atom is 0.253 e. The van der Waals surface area contributed by atoms with Crippen LogP contribution in [0.5, 0.6) is 0 Å². The number of amides is 2. The van der Waals surface area contributed by atoms with Gasteiger partial charge in [0.15, 0.2) is 0 Å². The smallest absolute Gasteiger partial charge is 0.253 e. The highest BCUT2D eigenvalue weighted by molar-refractivity contribution is 5.94. The standard InChI is InChI=1S/C29H38FN3O2/c1-29(2,3)24-12-10-23(11-13-24)28(35)33-18-16-32(17-19-33)26(22-6-4-5-7-22)27(34)31-20-21-8-14-25(30)15-9-21/h8-15,22,26H,4-7,16-20H2,1-3H3,(H,31,34). The number of carbonyl (C=O) groups is 2. The Morgan fingerprint density at radius 3 is 2.11 bits per heavy atom. The molecule has 5 nitrogen and oxygen atoms in total. The highest BCUT2D eigenvalue weighted by Gasteiger charge is 2.37. The Balaban J connectivity index is 1.37. The minimum atomic E-state index is -0.276. The van der Waals surface area contributed by atoms with E-state index in [4.69, 9.17) is 0 Å². The minimum Gasteiger partial charge on any atom is -0.351 e. The minimum absolute atomic E-state index is 0.0405. The zero-order chi connectivity index (χ0) is 25.0. The number of piperazine rings is 1. The third kappa shape index (κ3) is 6.29. The third-order valence-electron chi connectivity index (χ3n) is 7.49. The fourth-order valence-corrected chi connectivity index (χ4v) is 5.35. The molecule has 1 N–H and O–H groups in total. The maximum atomic E-state index is 13.3. The van der Waals surface area contributed by atoms with Crippen molar-refractivity contribution in [3.63, 3.8) is 0 Å². The fraction of sp³-hybridized carbons (Fsp3) is 0.517. The van der Waals surface area contributed by atoms with E-state index in [0.29, 0.717) is 38.6 Å². The molecular formula is C29H38FN3O2. The van der Waals surface area contributed by atoms with E-state index in [-0.39, 0.29) is 29.1 Å². The predicted molar refractivity (Wildman–Crippen MR) is 137 cm³/mol. The van der Waals surface area contributed by atoms with Crippen molar-refractivity contribution >= 4 is 11.8 Å². The molecule has 1 saturated heterocycles. The summed E-state index contributed by atoms with van der Waals surface area (Å²) in [6.07, 6.45) is 4.45. The average Bonchev–Trinajstić information content (AvgIpc) is 3.38. The Bertz CT molecular complexity index is 1000. The van der Waals surface area contributed by atoms with Gasteiger partial charge in [0.2, 0.25) is 5.91 Å². The number of nitrogens with zero attached hydrogens (tertiary/aromatic N) is 2. The SMILES string of the molecule is CC(C)(C)c1ccc(C(=O)N2CCN(C(C(=O)NCc3ccc(F)cc3)C3CCCC3)CC2)cc1. The summed E-state index contributed by atoms with van der Waals surface area (Å²) in [6.45, 7) is 9.51.